The van der Waals surface area contributed by atoms with Crippen molar-refractivity contribution in [3.63, 3.8) is 0 Å². The number of likely N-dealkylation sites (tertiary alicyclic amines) is 1. The summed E-state index contributed by atoms with van der Waals surface area (Å²) in [5.74, 6) is -0.241. The van der Waals surface area contributed by atoms with Crippen LogP contribution >= 0.6 is 0 Å². The summed E-state index contributed by atoms with van der Waals surface area (Å²) in [6.07, 6.45) is 6.93. The number of hydrogen-bond acceptors (Lipinski definition) is 5. The minimum Gasteiger partial charge on any atom is -0.451 e. The summed E-state index contributed by atoms with van der Waals surface area (Å²) in [5, 5.41) is 4.35. The molecule has 9 nitrogen and oxygen atoms in total. The van der Waals surface area contributed by atoms with E-state index in [4.69, 9.17) is 4.74 Å². The molecule has 2 N–H and O–H groups in total. The first-order valence-electron chi connectivity index (χ1n) is 15.5. The first-order valence-corrected chi connectivity index (χ1v) is 15.5. The number of aromatic amines is 1. The molecule has 0 bridgehead atoms. The van der Waals surface area contributed by atoms with Gasteiger partial charge < -0.3 is 29.4 Å². The second kappa shape index (κ2) is 10.8. The lowest BCUT2D eigenvalue weighted by Gasteiger charge is -2.29. The van der Waals surface area contributed by atoms with Crippen molar-refractivity contribution in [2.24, 2.45) is 0 Å². The molecular formula is C35H32FN5O4. The number of nitrogens with zero attached hydrogens (tertiary/aromatic N) is 3. The fourth-order valence-electron chi connectivity index (χ4n) is 7.06. The fraction of sp³-hybridized carbons (Fsp3) is 0.286. The average molecular weight is 606 g/mol. The highest BCUT2D eigenvalue weighted by Gasteiger charge is 2.34. The van der Waals surface area contributed by atoms with Gasteiger partial charge >= 0.3 is 0 Å². The van der Waals surface area contributed by atoms with E-state index in [-0.39, 0.29) is 40.2 Å². The molecule has 2 saturated heterocycles. The van der Waals surface area contributed by atoms with Gasteiger partial charge in [0.2, 0.25) is 11.3 Å². The van der Waals surface area contributed by atoms with E-state index in [1.54, 1.807) is 21.7 Å². The average Bonchev–Trinajstić information content (AvgIpc) is 3.83. The number of amides is 2. The highest BCUT2D eigenvalue weighted by Crippen LogP contribution is 2.47. The zero-order valence-corrected chi connectivity index (χ0v) is 24.6. The molecule has 5 aromatic rings. The Morgan fingerprint density at radius 2 is 1.82 bits per heavy atom. The lowest BCUT2D eigenvalue weighted by atomic mass is 10.1. The zero-order valence-electron chi connectivity index (χ0n) is 24.6. The van der Waals surface area contributed by atoms with Gasteiger partial charge in [0.05, 0.1) is 11.1 Å². The van der Waals surface area contributed by atoms with Crippen molar-refractivity contribution in [3.05, 3.63) is 94.2 Å². The van der Waals surface area contributed by atoms with Crippen LogP contribution < -0.4 is 20.4 Å². The van der Waals surface area contributed by atoms with Crippen molar-refractivity contribution >= 4 is 39.3 Å². The molecular weight excluding hydrogens is 573 g/mol. The van der Waals surface area contributed by atoms with Crippen LogP contribution in [0.1, 0.15) is 41.6 Å². The monoisotopic (exact) mass is 605 g/mol. The third-order valence-electron chi connectivity index (χ3n) is 9.30. The molecule has 45 heavy (non-hydrogen) atoms. The van der Waals surface area contributed by atoms with Crippen LogP contribution in [0.2, 0.25) is 0 Å². The van der Waals surface area contributed by atoms with Crippen molar-refractivity contribution in [1.82, 2.24) is 19.8 Å². The Morgan fingerprint density at radius 3 is 2.69 bits per heavy atom. The van der Waals surface area contributed by atoms with Crippen LogP contribution in [0.5, 0.6) is 11.5 Å². The molecule has 8 rings (SSSR count). The topological polar surface area (TPSA) is 99.7 Å². The van der Waals surface area contributed by atoms with E-state index in [0.29, 0.717) is 62.4 Å². The van der Waals surface area contributed by atoms with Gasteiger partial charge in [-0.25, -0.2) is 4.39 Å². The molecule has 0 saturated carbocycles. The first kappa shape index (κ1) is 27.4. The van der Waals surface area contributed by atoms with Gasteiger partial charge in [-0.15, -0.1) is 0 Å². The summed E-state index contributed by atoms with van der Waals surface area (Å²) in [5.41, 5.74) is 3.01. The van der Waals surface area contributed by atoms with Gasteiger partial charge in [-0.3, -0.25) is 14.4 Å². The molecule has 3 aliphatic heterocycles. The summed E-state index contributed by atoms with van der Waals surface area (Å²) in [6.45, 7) is 2.10. The predicted molar refractivity (Wildman–Crippen MR) is 170 cm³/mol. The normalized spacial score (nSPS) is 17.1. The number of fused-ring (bicyclic) bond motifs is 3. The molecule has 1 atom stereocenters. The van der Waals surface area contributed by atoms with E-state index in [2.05, 4.69) is 10.3 Å². The quantitative estimate of drug-likeness (QED) is 0.269. The number of halogens is 1. The highest BCUT2D eigenvalue weighted by molar-refractivity contribution is 6.01. The Morgan fingerprint density at radius 1 is 1.02 bits per heavy atom. The van der Waals surface area contributed by atoms with Gasteiger partial charge in [-0.1, -0.05) is 30.3 Å². The second-order valence-corrected chi connectivity index (χ2v) is 12.1. The number of aromatic nitrogens is 2. The Balaban J connectivity index is 1.09. The van der Waals surface area contributed by atoms with Gasteiger partial charge in [0.25, 0.3) is 5.91 Å². The fourth-order valence-corrected chi connectivity index (χ4v) is 7.06. The highest BCUT2D eigenvalue weighted by atomic mass is 19.1. The molecule has 3 aliphatic rings. The van der Waals surface area contributed by atoms with Crippen LogP contribution in [0.3, 0.4) is 0 Å². The van der Waals surface area contributed by atoms with Crippen molar-refractivity contribution in [3.8, 4) is 17.2 Å². The molecule has 3 aromatic carbocycles. The van der Waals surface area contributed by atoms with Gasteiger partial charge in [-0.05, 0) is 55.5 Å². The molecule has 228 valence electrons. The molecule has 2 fully saturated rings. The van der Waals surface area contributed by atoms with Gasteiger partial charge in [-0.2, -0.15) is 0 Å². The molecule has 10 heteroatoms. The molecule has 1 unspecified atom stereocenters. The Labute approximate surface area is 258 Å². The zero-order chi connectivity index (χ0) is 30.7. The van der Waals surface area contributed by atoms with Crippen molar-refractivity contribution < 1.29 is 18.7 Å². The number of nitrogens with one attached hydrogen (secondary N) is 2. The number of H-pyrrole nitrogens is 1. The number of aryl methyl sites for hydroxylation is 1. The number of anilines is 1. The van der Waals surface area contributed by atoms with Crippen molar-refractivity contribution in [2.45, 2.75) is 38.1 Å². The van der Waals surface area contributed by atoms with Crippen molar-refractivity contribution in [2.75, 3.05) is 31.1 Å². The predicted octanol–water partition coefficient (Wildman–Crippen LogP) is 5.28. The molecule has 0 aliphatic carbocycles. The van der Waals surface area contributed by atoms with Crippen LogP contribution in [-0.2, 0) is 11.2 Å². The molecule has 2 aromatic heterocycles. The molecule has 0 radical (unpaired) electrons. The van der Waals surface area contributed by atoms with Crippen molar-refractivity contribution in [1.29, 1.82) is 0 Å². The number of benzene rings is 3. The first-order chi connectivity index (χ1) is 22.0. The maximum Gasteiger partial charge on any atom is 0.259 e. The summed E-state index contributed by atoms with van der Waals surface area (Å²) in [6, 6.07) is 16.4. The van der Waals surface area contributed by atoms with E-state index >= 15 is 4.39 Å². The largest absolute Gasteiger partial charge is 0.451 e. The van der Waals surface area contributed by atoms with Gasteiger partial charge in [0.1, 0.15) is 16.8 Å². The van der Waals surface area contributed by atoms with E-state index in [0.717, 1.165) is 29.3 Å². The number of carbonyl (C=O) groups is 2. The standard InChI is InChI=1S/C35H32FN5O4/c36-26-17-24-31-34(45-29-10-4-3-9-28(29)41(31)20-25(33(24)43)35(44)39-14-5-6-15-39)32(26)40-16-13-22(19-40)38-30(42)12-11-21-18-37-27-8-2-1-7-23(21)27/h1-4,7-10,17-18,20,22,37H,5-6,11-16,19H2,(H,38,42). The maximum atomic E-state index is 16.1. The van der Waals surface area contributed by atoms with E-state index in [1.165, 1.54) is 6.07 Å². The smallest absolute Gasteiger partial charge is 0.259 e. The minimum absolute atomic E-state index is 0.0239. The number of ether oxygens (including phenoxy) is 1. The number of para-hydroxylation sites is 3. The third kappa shape index (κ3) is 4.63. The molecule has 2 amide bonds. The number of hydrogen-bond donors (Lipinski definition) is 2. The van der Waals surface area contributed by atoms with Crippen LogP contribution in [0, 0.1) is 5.82 Å². The number of pyridine rings is 1. The SMILES string of the molecule is O=C(CCc1c[nH]c2ccccc12)NC1CCN(c2c(F)cc3c(=O)c(C(=O)N4CCCC4)cn4c3c2Oc2ccccc2-4)C1. The van der Waals surface area contributed by atoms with Gasteiger partial charge in [0.15, 0.2) is 17.3 Å². The molecule has 0 spiro atoms. The lowest BCUT2D eigenvalue weighted by molar-refractivity contribution is -0.121. The summed E-state index contributed by atoms with van der Waals surface area (Å²) < 4.78 is 24.2. The van der Waals surface area contributed by atoms with Crippen LogP contribution in [0.15, 0.2) is 71.8 Å². The minimum atomic E-state index is -0.599. The van der Waals surface area contributed by atoms with Crippen LogP contribution in [0.25, 0.3) is 27.5 Å². The van der Waals surface area contributed by atoms with E-state index < -0.39 is 11.2 Å². The Hall–Kier alpha value is -5.12. The number of carbonyl (C=O) groups excluding carboxylic acids is 2. The van der Waals surface area contributed by atoms with Gasteiger partial charge in [0, 0.05) is 61.9 Å². The Kier molecular flexibility index (Phi) is 6.58. The summed E-state index contributed by atoms with van der Waals surface area (Å²) >= 11 is 0. The van der Waals surface area contributed by atoms with E-state index in [9.17, 15) is 14.4 Å². The third-order valence-corrected chi connectivity index (χ3v) is 9.30. The van der Waals surface area contributed by atoms with E-state index in [1.807, 2.05) is 53.6 Å². The summed E-state index contributed by atoms with van der Waals surface area (Å²) in [4.78, 5) is 46.9. The number of rotatable bonds is 6. The Bertz CT molecular complexity index is 2060. The lowest BCUT2D eigenvalue weighted by Crippen LogP contribution is -2.37. The summed E-state index contributed by atoms with van der Waals surface area (Å²) in [7, 11) is 0. The van der Waals surface area contributed by atoms with Crippen LogP contribution in [-0.4, -0.2) is 58.5 Å². The molecule has 5 heterocycles. The van der Waals surface area contributed by atoms with Crippen LogP contribution in [0.4, 0.5) is 10.1 Å². The second-order valence-electron chi connectivity index (χ2n) is 12.1. The maximum absolute atomic E-state index is 16.1.